The average molecular weight is 175 g/mol. The molecule has 0 saturated heterocycles. The number of fused-ring (bicyclic) bond motifs is 1. The normalized spacial score (nSPS) is 10.2. The van der Waals surface area contributed by atoms with Gasteiger partial charge in [-0.1, -0.05) is 0 Å². The molecule has 2 heterocycles. The van der Waals surface area contributed by atoms with Crippen LogP contribution < -0.4 is 10.9 Å². The molecule has 4 nitrogen and oxygen atoms in total. The van der Waals surface area contributed by atoms with Crippen LogP contribution in [0.3, 0.4) is 0 Å². The third-order valence-corrected chi connectivity index (χ3v) is 1.90. The van der Waals surface area contributed by atoms with Crippen molar-refractivity contribution in [3.05, 3.63) is 34.9 Å². The Bertz CT molecular complexity index is 489. The molecule has 0 aromatic carbocycles. The smallest absolute Gasteiger partial charge is 0.274 e. The van der Waals surface area contributed by atoms with Crippen molar-refractivity contribution in [3.8, 4) is 0 Å². The predicted molar refractivity (Wildman–Crippen MR) is 51.9 cm³/mol. The van der Waals surface area contributed by atoms with Crippen molar-refractivity contribution < 1.29 is 0 Å². The number of pyridine rings is 2. The first-order valence-electron chi connectivity index (χ1n) is 3.96. The Morgan fingerprint density at radius 1 is 1.54 bits per heavy atom. The summed E-state index contributed by atoms with van der Waals surface area (Å²) in [5.74, 6) is 0. The summed E-state index contributed by atoms with van der Waals surface area (Å²) in [6, 6.07) is 3.71. The van der Waals surface area contributed by atoms with E-state index in [0.717, 1.165) is 11.1 Å². The Hall–Kier alpha value is -1.84. The molecule has 0 amide bonds. The van der Waals surface area contributed by atoms with E-state index in [1.165, 1.54) is 0 Å². The summed E-state index contributed by atoms with van der Waals surface area (Å²) in [5, 5.41) is 3.81. The molecule has 0 saturated carbocycles. The number of hydrogen-bond donors (Lipinski definition) is 2. The van der Waals surface area contributed by atoms with Gasteiger partial charge in [-0.15, -0.1) is 0 Å². The Morgan fingerprint density at radius 3 is 3.15 bits per heavy atom. The van der Waals surface area contributed by atoms with Crippen LogP contribution in [-0.4, -0.2) is 17.0 Å². The summed E-state index contributed by atoms with van der Waals surface area (Å²) < 4.78 is 0. The molecule has 2 rings (SSSR count). The lowest BCUT2D eigenvalue weighted by atomic mass is 10.2. The van der Waals surface area contributed by atoms with Gasteiger partial charge in [0.25, 0.3) is 5.56 Å². The summed E-state index contributed by atoms with van der Waals surface area (Å²) in [5.41, 5.74) is 1.22. The standard InChI is InChI=1S/C9H9N3O/c1-10-7-4-6-2-3-11-9(13)8(6)12-5-7/h2-5,10H,1H3,(H,11,13). The second-order valence-corrected chi connectivity index (χ2v) is 2.72. The summed E-state index contributed by atoms with van der Waals surface area (Å²) in [6.45, 7) is 0. The van der Waals surface area contributed by atoms with Gasteiger partial charge >= 0.3 is 0 Å². The molecule has 13 heavy (non-hydrogen) atoms. The number of aromatic nitrogens is 2. The first kappa shape index (κ1) is 7.79. The zero-order valence-electron chi connectivity index (χ0n) is 7.16. The van der Waals surface area contributed by atoms with Crippen LogP contribution in [0.25, 0.3) is 10.9 Å². The average Bonchev–Trinajstić information content (AvgIpc) is 2.18. The fourth-order valence-electron chi connectivity index (χ4n) is 1.21. The van der Waals surface area contributed by atoms with Gasteiger partial charge in [0.2, 0.25) is 0 Å². The molecule has 0 aliphatic rings. The molecule has 2 aromatic heterocycles. The van der Waals surface area contributed by atoms with Gasteiger partial charge < -0.3 is 10.3 Å². The third-order valence-electron chi connectivity index (χ3n) is 1.90. The summed E-state index contributed by atoms with van der Waals surface area (Å²) in [6.07, 6.45) is 3.25. The van der Waals surface area contributed by atoms with E-state index in [0.29, 0.717) is 5.52 Å². The van der Waals surface area contributed by atoms with Crippen molar-refractivity contribution in [2.45, 2.75) is 0 Å². The maximum absolute atomic E-state index is 11.2. The van der Waals surface area contributed by atoms with E-state index in [-0.39, 0.29) is 5.56 Å². The molecule has 4 heteroatoms. The van der Waals surface area contributed by atoms with Crippen molar-refractivity contribution in [2.24, 2.45) is 0 Å². The Balaban J connectivity index is 2.80. The quantitative estimate of drug-likeness (QED) is 0.678. The summed E-state index contributed by atoms with van der Waals surface area (Å²) in [7, 11) is 1.82. The molecule has 0 spiro atoms. The van der Waals surface area contributed by atoms with Crippen molar-refractivity contribution in [1.82, 2.24) is 9.97 Å². The lowest BCUT2D eigenvalue weighted by Crippen LogP contribution is -2.06. The van der Waals surface area contributed by atoms with Crippen molar-refractivity contribution in [2.75, 3.05) is 12.4 Å². The molecule has 0 radical (unpaired) electrons. The lowest BCUT2D eigenvalue weighted by Gasteiger charge is -2.00. The Morgan fingerprint density at radius 2 is 2.38 bits per heavy atom. The summed E-state index contributed by atoms with van der Waals surface area (Å²) >= 11 is 0. The lowest BCUT2D eigenvalue weighted by molar-refractivity contribution is 1.24. The van der Waals surface area contributed by atoms with Crippen LogP contribution in [0.5, 0.6) is 0 Å². The Kier molecular flexibility index (Phi) is 1.73. The number of nitrogens with one attached hydrogen (secondary N) is 2. The van der Waals surface area contributed by atoms with Crippen LogP contribution in [0, 0.1) is 0 Å². The highest BCUT2D eigenvalue weighted by Crippen LogP contribution is 2.11. The monoisotopic (exact) mass is 175 g/mol. The van der Waals surface area contributed by atoms with Gasteiger partial charge in [0.05, 0.1) is 11.9 Å². The van der Waals surface area contributed by atoms with Gasteiger partial charge in [-0.2, -0.15) is 0 Å². The molecular formula is C9H9N3O. The SMILES string of the molecule is CNc1cnc2c(=O)[nH]ccc2c1. The van der Waals surface area contributed by atoms with Crippen molar-refractivity contribution in [3.63, 3.8) is 0 Å². The van der Waals surface area contributed by atoms with E-state index in [9.17, 15) is 4.79 Å². The number of anilines is 1. The second kappa shape index (κ2) is 2.90. The highest BCUT2D eigenvalue weighted by Gasteiger charge is 1.98. The molecule has 0 unspecified atom stereocenters. The van der Waals surface area contributed by atoms with Gasteiger partial charge in [-0.05, 0) is 12.1 Å². The topological polar surface area (TPSA) is 57.8 Å². The van der Waals surface area contributed by atoms with E-state index >= 15 is 0 Å². The number of H-pyrrole nitrogens is 1. The first-order chi connectivity index (χ1) is 6.31. The van der Waals surface area contributed by atoms with E-state index in [1.807, 2.05) is 19.2 Å². The molecular weight excluding hydrogens is 166 g/mol. The van der Waals surface area contributed by atoms with Crippen LogP contribution in [0.4, 0.5) is 5.69 Å². The maximum atomic E-state index is 11.2. The predicted octanol–water partition coefficient (Wildman–Crippen LogP) is 0.965. The van der Waals surface area contributed by atoms with E-state index < -0.39 is 0 Å². The van der Waals surface area contributed by atoms with Crippen LogP contribution in [0.15, 0.2) is 29.3 Å². The van der Waals surface area contributed by atoms with E-state index in [4.69, 9.17) is 0 Å². The van der Waals surface area contributed by atoms with Crippen LogP contribution in [0.2, 0.25) is 0 Å². The largest absolute Gasteiger partial charge is 0.387 e. The van der Waals surface area contributed by atoms with Crippen molar-refractivity contribution >= 4 is 16.6 Å². The van der Waals surface area contributed by atoms with Gasteiger partial charge in [-0.3, -0.25) is 4.79 Å². The molecule has 0 fully saturated rings. The number of hydrogen-bond acceptors (Lipinski definition) is 3. The number of aromatic amines is 1. The zero-order valence-corrected chi connectivity index (χ0v) is 7.16. The van der Waals surface area contributed by atoms with Gasteiger partial charge in [0.1, 0.15) is 5.52 Å². The minimum absolute atomic E-state index is 0.153. The first-order valence-corrected chi connectivity index (χ1v) is 3.96. The molecule has 0 atom stereocenters. The molecule has 0 aliphatic carbocycles. The molecule has 0 aliphatic heterocycles. The highest BCUT2D eigenvalue weighted by atomic mass is 16.1. The van der Waals surface area contributed by atoms with E-state index in [1.54, 1.807) is 12.4 Å². The number of rotatable bonds is 1. The van der Waals surface area contributed by atoms with E-state index in [2.05, 4.69) is 15.3 Å². The Labute approximate surface area is 74.6 Å². The minimum Gasteiger partial charge on any atom is -0.387 e. The van der Waals surface area contributed by atoms with Crippen molar-refractivity contribution in [1.29, 1.82) is 0 Å². The summed E-state index contributed by atoms with van der Waals surface area (Å²) in [4.78, 5) is 17.9. The number of nitrogens with zero attached hydrogens (tertiary/aromatic N) is 1. The van der Waals surface area contributed by atoms with Gasteiger partial charge in [0.15, 0.2) is 0 Å². The van der Waals surface area contributed by atoms with Gasteiger partial charge in [0, 0.05) is 18.6 Å². The molecule has 2 N–H and O–H groups in total. The molecule has 0 bridgehead atoms. The fraction of sp³-hybridized carbons (Fsp3) is 0.111. The maximum Gasteiger partial charge on any atom is 0.274 e. The third kappa shape index (κ3) is 1.26. The van der Waals surface area contributed by atoms with Crippen LogP contribution in [-0.2, 0) is 0 Å². The van der Waals surface area contributed by atoms with Gasteiger partial charge in [-0.25, -0.2) is 4.98 Å². The minimum atomic E-state index is -0.153. The van der Waals surface area contributed by atoms with Crippen LogP contribution in [0.1, 0.15) is 0 Å². The zero-order chi connectivity index (χ0) is 9.26. The molecule has 2 aromatic rings. The molecule has 66 valence electrons. The fourth-order valence-corrected chi connectivity index (χ4v) is 1.21. The highest BCUT2D eigenvalue weighted by molar-refractivity contribution is 5.80. The van der Waals surface area contributed by atoms with Crippen LogP contribution >= 0.6 is 0 Å². The second-order valence-electron chi connectivity index (χ2n) is 2.72.